The fourth-order valence-electron chi connectivity index (χ4n) is 1.68. The van der Waals surface area contributed by atoms with Crippen molar-refractivity contribution >= 4 is 54.5 Å². The average molecular weight is 389 g/mol. The summed E-state index contributed by atoms with van der Waals surface area (Å²) in [5.74, 6) is -0.0859. The normalized spacial score (nSPS) is 10.6. The summed E-state index contributed by atoms with van der Waals surface area (Å²) in [5, 5.41) is 12.6. The standard InChI is InChI=1S/C12H11Br2N3O2/c13-7-4-8-11(9(14)5-7)16-6-17-12(8)15-3-1-2-10(18)19/h4-6H,1-3H2,(H,18,19)(H,15,16,17). The number of nitrogens with zero attached hydrogens (tertiary/aromatic N) is 2. The third-order valence-electron chi connectivity index (χ3n) is 2.52. The maximum Gasteiger partial charge on any atom is 0.303 e. The Balaban J connectivity index is 2.21. The lowest BCUT2D eigenvalue weighted by Crippen LogP contribution is -2.06. The first-order chi connectivity index (χ1) is 9.08. The Morgan fingerprint density at radius 3 is 2.84 bits per heavy atom. The summed E-state index contributed by atoms with van der Waals surface area (Å²) < 4.78 is 1.81. The zero-order valence-corrected chi connectivity index (χ0v) is 13.0. The Labute approximate surface area is 126 Å². The quantitative estimate of drug-likeness (QED) is 0.767. The Morgan fingerprint density at radius 2 is 2.11 bits per heavy atom. The molecule has 5 nitrogen and oxygen atoms in total. The maximum absolute atomic E-state index is 10.4. The molecule has 0 aliphatic carbocycles. The fourth-order valence-corrected chi connectivity index (χ4v) is 3.01. The van der Waals surface area contributed by atoms with Gasteiger partial charge in [-0.25, -0.2) is 9.97 Å². The second-order valence-electron chi connectivity index (χ2n) is 3.93. The molecule has 0 aliphatic heterocycles. The number of aliphatic carboxylic acids is 1. The lowest BCUT2D eigenvalue weighted by molar-refractivity contribution is -0.137. The number of nitrogens with one attached hydrogen (secondary N) is 1. The largest absolute Gasteiger partial charge is 0.481 e. The van der Waals surface area contributed by atoms with E-state index in [0.717, 1.165) is 19.8 Å². The molecule has 0 amide bonds. The first kappa shape index (κ1) is 14.2. The Hall–Kier alpha value is -1.21. The second kappa shape index (κ2) is 6.29. The second-order valence-corrected chi connectivity index (χ2v) is 5.70. The van der Waals surface area contributed by atoms with Crippen LogP contribution in [0.1, 0.15) is 12.8 Å². The van der Waals surface area contributed by atoms with Gasteiger partial charge in [0.15, 0.2) is 0 Å². The van der Waals surface area contributed by atoms with Gasteiger partial charge < -0.3 is 10.4 Å². The fraction of sp³-hybridized carbons (Fsp3) is 0.250. The van der Waals surface area contributed by atoms with E-state index in [0.29, 0.717) is 18.8 Å². The number of rotatable bonds is 5. The molecule has 0 saturated heterocycles. The highest BCUT2D eigenvalue weighted by atomic mass is 79.9. The van der Waals surface area contributed by atoms with E-state index in [9.17, 15) is 4.79 Å². The number of anilines is 1. The van der Waals surface area contributed by atoms with E-state index in [1.807, 2.05) is 12.1 Å². The Kier molecular flexibility index (Phi) is 4.71. The van der Waals surface area contributed by atoms with Gasteiger partial charge in [0.25, 0.3) is 0 Å². The molecule has 7 heteroatoms. The molecular weight excluding hydrogens is 378 g/mol. The van der Waals surface area contributed by atoms with Crippen molar-refractivity contribution in [3.8, 4) is 0 Å². The molecule has 2 N–H and O–H groups in total. The summed E-state index contributed by atoms with van der Waals surface area (Å²) >= 11 is 6.88. The molecule has 0 spiro atoms. The topological polar surface area (TPSA) is 75.1 Å². The minimum absolute atomic E-state index is 0.142. The van der Waals surface area contributed by atoms with Crippen LogP contribution in [0.4, 0.5) is 5.82 Å². The van der Waals surface area contributed by atoms with E-state index in [1.54, 1.807) is 0 Å². The number of carboxylic acid groups (broad SMARTS) is 1. The summed E-state index contributed by atoms with van der Waals surface area (Å²) in [6.45, 7) is 0.558. The van der Waals surface area contributed by atoms with Gasteiger partial charge in [0.05, 0.1) is 5.52 Å². The highest BCUT2D eigenvalue weighted by Gasteiger charge is 2.08. The van der Waals surface area contributed by atoms with Crippen LogP contribution in [-0.2, 0) is 4.79 Å². The van der Waals surface area contributed by atoms with E-state index >= 15 is 0 Å². The summed E-state index contributed by atoms with van der Waals surface area (Å²) in [6.07, 6.45) is 2.18. The highest BCUT2D eigenvalue weighted by molar-refractivity contribution is 9.11. The van der Waals surface area contributed by atoms with Gasteiger partial charge >= 0.3 is 5.97 Å². The van der Waals surface area contributed by atoms with Crippen LogP contribution in [-0.4, -0.2) is 27.6 Å². The van der Waals surface area contributed by atoms with Gasteiger partial charge in [0.2, 0.25) is 0 Å². The molecule has 2 rings (SSSR count). The molecule has 0 fully saturated rings. The molecule has 0 saturated carbocycles. The molecule has 0 unspecified atom stereocenters. The van der Waals surface area contributed by atoms with Gasteiger partial charge in [0, 0.05) is 27.3 Å². The number of aromatic nitrogens is 2. The molecule has 0 aliphatic rings. The third-order valence-corrected chi connectivity index (χ3v) is 3.58. The van der Waals surface area contributed by atoms with Crippen LogP contribution in [0.5, 0.6) is 0 Å². The van der Waals surface area contributed by atoms with Gasteiger partial charge in [-0.05, 0) is 34.5 Å². The van der Waals surface area contributed by atoms with Crippen molar-refractivity contribution in [3.05, 3.63) is 27.4 Å². The number of benzene rings is 1. The average Bonchev–Trinajstić information content (AvgIpc) is 2.34. The van der Waals surface area contributed by atoms with Crippen molar-refractivity contribution in [3.63, 3.8) is 0 Å². The van der Waals surface area contributed by atoms with E-state index in [2.05, 4.69) is 47.1 Å². The van der Waals surface area contributed by atoms with Gasteiger partial charge in [0.1, 0.15) is 12.1 Å². The van der Waals surface area contributed by atoms with Crippen molar-refractivity contribution in [1.29, 1.82) is 0 Å². The van der Waals surface area contributed by atoms with Gasteiger partial charge in [-0.15, -0.1) is 0 Å². The van der Waals surface area contributed by atoms with Crippen LogP contribution < -0.4 is 5.32 Å². The van der Waals surface area contributed by atoms with Crippen molar-refractivity contribution in [1.82, 2.24) is 9.97 Å². The monoisotopic (exact) mass is 387 g/mol. The highest BCUT2D eigenvalue weighted by Crippen LogP contribution is 2.30. The lowest BCUT2D eigenvalue weighted by Gasteiger charge is -2.09. The van der Waals surface area contributed by atoms with Gasteiger partial charge in [-0.3, -0.25) is 4.79 Å². The number of carbonyl (C=O) groups is 1. The number of hydrogen-bond acceptors (Lipinski definition) is 4. The number of hydrogen-bond donors (Lipinski definition) is 2. The van der Waals surface area contributed by atoms with Gasteiger partial charge in [-0.2, -0.15) is 0 Å². The molecule has 2 aromatic rings. The van der Waals surface area contributed by atoms with E-state index < -0.39 is 5.97 Å². The predicted molar refractivity (Wildman–Crippen MR) is 80.3 cm³/mol. The van der Waals surface area contributed by atoms with Crippen LogP contribution in [0.15, 0.2) is 27.4 Å². The van der Waals surface area contributed by atoms with Crippen LogP contribution in [0.25, 0.3) is 10.9 Å². The molecule has 19 heavy (non-hydrogen) atoms. The SMILES string of the molecule is O=C(O)CCCNc1ncnc2c(Br)cc(Br)cc12. The van der Waals surface area contributed by atoms with Crippen molar-refractivity contribution in [2.24, 2.45) is 0 Å². The summed E-state index contributed by atoms with van der Waals surface area (Å²) in [4.78, 5) is 18.9. The molecule has 0 radical (unpaired) electrons. The van der Waals surface area contributed by atoms with E-state index in [1.165, 1.54) is 6.33 Å². The lowest BCUT2D eigenvalue weighted by atomic mass is 10.2. The van der Waals surface area contributed by atoms with Crippen molar-refractivity contribution < 1.29 is 9.90 Å². The predicted octanol–water partition coefficient (Wildman–Crippen LogP) is 3.43. The summed E-state index contributed by atoms with van der Waals surface area (Å²) in [5.41, 5.74) is 0.818. The first-order valence-corrected chi connectivity index (χ1v) is 7.22. The molecule has 0 bridgehead atoms. The number of fused-ring (bicyclic) bond motifs is 1. The zero-order valence-electron chi connectivity index (χ0n) is 9.86. The van der Waals surface area contributed by atoms with E-state index in [-0.39, 0.29) is 6.42 Å². The van der Waals surface area contributed by atoms with Crippen LogP contribution in [0.2, 0.25) is 0 Å². The summed E-state index contributed by atoms with van der Waals surface area (Å²) in [6, 6.07) is 3.85. The van der Waals surface area contributed by atoms with Crippen molar-refractivity contribution in [2.45, 2.75) is 12.8 Å². The van der Waals surface area contributed by atoms with Gasteiger partial charge in [-0.1, -0.05) is 15.9 Å². The molecule has 1 aromatic heterocycles. The molecule has 1 aromatic carbocycles. The van der Waals surface area contributed by atoms with Crippen molar-refractivity contribution in [2.75, 3.05) is 11.9 Å². The number of halogens is 2. The first-order valence-electron chi connectivity index (χ1n) is 5.63. The third kappa shape index (κ3) is 3.63. The summed E-state index contributed by atoms with van der Waals surface area (Å²) in [7, 11) is 0. The minimum atomic E-state index is -0.792. The molecule has 1 heterocycles. The molecule has 0 atom stereocenters. The molecular formula is C12H11Br2N3O2. The minimum Gasteiger partial charge on any atom is -0.481 e. The van der Waals surface area contributed by atoms with Crippen LogP contribution in [0.3, 0.4) is 0 Å². The number of carboxylic acids is 1. The molecule has 100 valence electrons. The maximum atomic E-state index is 10.4. The van der Waals surface area contributed by atoms with E-state index in [4.69, 9.17) is 5.11 Å². The van der Waals surface area contributed by atoms with Crippen LogP contribution in [0, 0.1) is 0 Å². The zero-order chi connectivity index (χ0) is 13.8. The Morgan fingerprint density at radius 1 is 1.32 bits per heavy atom. The smallest absolute Gasteiger partial charge is 0.303 e. The Bertz CT molecular complexity index is 619. The van der Waals surface area contributed by atoms with Crippen LogP contribution >= 0.6 is 31.9 Å².